The normalized spacial score (nSPS) is 19.5. The van der Waals surface area contributed by atoms with Crippen LogP contribution in [-0.4, -0.2) is 40.0 Å². The van der Waals surface area contributed by atoms with Crippen molar-refractivity contribution >= 4 is 23.2 Å². The molecule has 1 fully saturated rings. The molecule has 0 spiro atoms. The SMILES string of the molecule is Cc1ccc(OCc2nc(CC(=O)N3C[C@@H](C)[C@H](C(=O)O)C3)cs2)cc1. The van der Waals surface area contributed by atoms with Crippen molar-refractivity contribution in [3.63, 3.8) is 0 Å². The summed E-state index contributed by atoms with van der Waals surface area (Å²) in [5.74, 6) is -0.624. The molecule has 1 N–H and O–H groups in total. The number of aromatic nitrogens is 1. The largest absolute Gasteiger partial charge is 0.486 e. The van der Waals surface area contributed by atoms with E-state index < -0.39 is 11.9 Å². The van der Waals surface area contributed by atoms with Crippen molar-refractivity contribution in [1.29, 1.82) is 0 Å². The number of rotatable bonds is 6. The molecule has 6 nitrogen and oxygen atoms in total. The number of amides is 1. The topological polar surface area (TPSA) is 79.7 Å². The first-order valence-electron chi connectivity index (χ1n) is 8.55. The van der Waals surface area contributed by atoms with E-state index in [1.807, 2.05) is 43.5 Å². The molecule has 0 bridgehead atoms. The zero-order chi connectivity index (χ0) is 18.7. The highest BCUT2D eigenvalue weighted by molar-refractivity contribution is 7.09. The molecule has 0 aliphatic carbocycles. The van der Waals surface area contributed by atoms with Crippen LogP contribution in [0.25, 0.3) is 0 Å². The molecule has 26 heavy (non-hydrogen) atoms. The third kappa shape index (κ3) is 4.40. The molecule has 1 amide bonds. The minimum atomic E-state index is -0.836. The number of ether oxygens (including phenoxy) is 1. The monoisotopic (exact) mass is 374 g/mol. The van der Waals surface area contributed by atoms with Crippen LogP contribution in [0.3, 0.4) is 0 Å². The second kappa shape index (κ2) is 7.86. The summed E-state index contributed by atoms with van der Waals surface area (Å²) in [4.78, 5) is 29.7. The Morgan fingerprint density at radius 2 is 2.04 bits per heavy atom. The van der Waals surface area contributed by atoms with Crippen molar-refractivity contribution < 1.29 is 19.4 Å². The van der Waals surface area contributed by atoms with E-state index in [2.05, 4.69) is 4.98 Å². The minimum Gasteiger partial charge on any atom is -0.486 e. The van der Waals surface area contributed by atoms with Crippen LogP contribution in [0.2, 0.25) is 0 Å². The summed E-state index contributed by atoms with van der Waals surface area (Å²) in [7, 11) is 0. The Labute approximate surface area is 156 Å². The molecule has 2 aromatic rings. The van der Waals surface area contributed by atoms with Crippen LogP contribution in [0.5, 0.6) is 5.75 Å². The van der Waals surface area contributed by atoms with E-state index in [0.29, 0.717) is 18.8 Å². The van der Waals surface area contributed by atoms with Crippen LogP contribution in [0.1, 0.15) is 23.2 Å². The Kier molecular flexibility index (Phi) is 5.56. The number of nitrogens with zero attached hydrogens (tertiary/aromatic N) is 2. The number of carbonyl (C=O) groups is 2. The fraction of sp³-hybridized carbons (Fsp3) is 0.421. The average molecular weight is 374 g/mol. The molecule has 1 aliphatic heterocycles. The number of carboxylic acid groups (broad SMARTS) is 1. The molecule has 138 valence electrons. The second-order valence-electron chi connectivity index (χ2n) is 6.73. The van der Waals surface area contributed by atoms with Gasteiger partial charge < -0.3 is 14.7 Å². The number of carbonyl (C=O) groups excluding carboxylic acids is 1. The zero-order valence-electron chi connectivity index (χ0n) is 14.8. The summed E-state index contributed by atoms with van der Waals surface area (Å²) in [6, 6.07) is 7.81. The molecule has 2 atom stereocenters. The molecular weight excluding hydrogens is 352 g/mol. The van der Waals surface area contributed by atoms with Crippen LogP contribution < -0.4 is 4.74 Å². The summed E-state index contributed by atoms with van der Waals surface area (Å²) >= 11 is 1.46. The molecular formula is C19H22N2O4S. The van der Waals surface area contributed by atoms with E-state index in [4.69, 9.17) is 4.74 Å². The van der Waals surface area contributed by atoms with Gasteiger partial charge in [0.15, 0.2) is 0 Å². The van der Waals surface area contributed by atoms with Gasteiger partial charge in [0, 0.05) is 18.5 Å². The number of thiazole rings is 1. The third-order valence-corrected chi connectivity index (χ3v) is 5.47. The predicted octanol–water partition coefficient (Wildman–Crippen LogP) is 2.75. The van der Waals surface area contributed by atoms with Crippen LogP contribution >= 0.6 is 11.3 Å². The number of carboxylic acids is 1. The number of aryl methyl sites for hydroxylation is 1. The predicted molar refractivity (Wildman–Crippen MR) is 98.2 cm³/mol. The van der Waals surface area contributed by atoms with E-state index >= 15 is 0 Å². The molecule has 7 heteroatoms. The number of hydrogen-bond acceptors (Lipinski definition) is 5. The zero-order valence-corrected chi connectivity index (χ0v) is 15.7. The average Bonchev–Trinajstić information content (AvgIpc) is 3.21. The maximum absolute atomic E-state index is 12.4. The Hall–Kier alpha value is -2.41. The number of benzene rings is 1. The standard InChI is InChI=1S/C19H22N2O4S/c1-12-3-5-15(6-4-12)25-10-17-20-14(11-26-17)7-18(22)21-8-13(2)16(9-21)19(23)24/h3-6,11,13,16H,7-10H2,1-2H3,(H,23,24)/t13-,16-/m1/s1. The fourth-order valence-electron chi connectivity index (χ4n) is 3.03. The first-order valence-corrected chi connectivity index (χ1v) is 9.43. The lowest BCUT2D eigenvalue weighted by Gasteiger charge is -2.14. The highest BCUT2D eigenvalue weighted by atomic mass is 32.1. The van der Waals surface area contributed by atoms with Crippen molar-refractivity contribution in [3.8, 4) is 5.75 Å². The maximum Gasteiger partial charge on any atom is 0.308 e. The molecule has 1 aromatic heterocycles. The van der Waals surface area contributed by atoms with Crippen LogP contribution in [0.15, 0.2) is 29.6 Å². The maximum atomic E-state index is 12.4. The Bertz CT molecular complexity index is 787. The van der Waals surface area contributed by atoms with Gasteiger partial charge in [-0.2, -0.15) is 0 Å². The third-order valence-electron chi connectivity index (χ3n) is 4.60. The molecule has 1 aromatic carbocycles. The van der Waals surface area contributed by atoms with Gasteiger partial charge in [-0.1, -0.05) is 24.6 Å². The van der Waals surface area contributed by atoms with Crippen molar-refractivity contribution in [2.75, 3.05) is 13.1 Å². The van der Waals surface area contributed by atoms with E-state index in [9.17, 15) is 14.7 Å². The van der Waals surface area contributed by atoms with Crippen LogP contribution in [-0.2, 0) is 22.6 Å². The van der Waals surface area contributed by atoms with E-state index in [1.165, 1.54) is 16.9 Å². The van der Waals surface area contributed by atoms with Gasteiger partial charge in [0.05, 0.1) is 18.0 Å². The van der Waals surface area contributed by atoms with Crippen molar-refractivity contribution in [3.05, 3.63) is 45.9 Å². The minimum absolute atomic E-state index is 0.0228. The van der Waals surface area contributed by atoms with Gasteiger partial charge in [0.25, 0.3) is 0 Å². The molecule has 0 unspecified atom stereocenters. The second-order valence-corrected chi connectivity index (χ2v) is 7.67. The number of likely N-dealkylation sites (tertiary alicyclic amines) is 1. The smallest absolute Gasteiger partial charge is 0.308 e. The molecule has 0 radical (unpaired) electrons. The Morgan fingerprint density at radius 3 is 2.69 bits per heavy atom. The summed E-state index contributed by atoms with van der Waals surface area (Å²) in [5.41, 5.74) is 1.88. The molecule has 3 rings (SSSR count). The van der Waals surface area contributed by atoms with Crippen molar-refractivity contribution in [2.24, 2.45) is 11.8 Å². The summed E-state index contributed by atoms with van der Waals surface area (Å²) in [6.45, 7) is 5.03. The molecule has 0 saturated carbocycles. The Balaban J connectivity index is 1.52. The van der Waals surface area contributed by atoms with Gasteiger partial charge in [0.2, 0.25) is 5.91 Å². The van der Waals surface area contributed by atoms with Crippen molar-refractivity contribution in [1.82, 2.24) is 9.88 Å². The quantitative estimate of drug-likeness (QED) is 0.841. The lowest BCUT2D eigenvalue weighted by molar-refractivity contribution is -0.142. The van der Waals surface area contributed by atoms with Crippen LogP contribution in [0.4, 0.5) is 0 Å². The summed E-state index contributed by atoms with van der Waals surface area (Å²) < 4.78 is 5.71. The fourth-order valence-corrected chi connectivity index (χ4v) is 3.74. The van der Waals surface area contributed by atoms with Gasteiger partial charge in [-0.25, -0.2) is 4.98 Å². The van der Waals surface area contributed by atoms with E-state index in [-0.39, 0.29) is 24.8 Å². The van der Waals surface area contributed by atoms with E-state index in [0.717, 1.165) is 10.8 Å². The first kappa shape index (κ1) is 18.4. The van der Waals surface area contributed by atoms with Gasteiger partial charge in [-0.3, -0.25) is 9.59 Å². The molecule has 1 saturated heterocycles. The summed E-state index contributed by atoms with van der Waals surface area (Å²) in [5, 5.41) is 11.9. The first-order chi connectivity index (χ1) is 12.4. The molecule has 2 heterocycles. The number of aliphatic carboxylic acids is 1. The summed E-state index contributed by atoms with van der Waals surface area (Å²) in [6.07, 6.45) is 0.195. The van der Waals surface area contributed by atoms with Gasteiger partial charge in [-0.15, -0.1) is 11.3 Å². The molecule has 1 aliphatic rings. The number of hydrogen-bond donors (Lipinski definition) is 1. The van der Waals surface area contributed by atoms with Crippen LogP contribution in [0, 0.1) is 18.8 Å². The highest BCUT2D eigenvalue weighted by Crippen LogP contribution is 2.24. The Morgan fingerprint density at radius 1 is 1.31 bits per heavy atom. The lowest BCUT2D eigenvalue weighted by Crippen LogP contribution is -2.31. The lowest BCUT2D eigenvalue weighted by atomic mass is 9.99. The van der Waals surface area contributed by atoms with Gasteiger partial charge in [0.1, 0.15) is 17.4 Å². The highest BCUT2D eigenvalue weighted by Gasteiger charge is 2.36. The van der Waals surface area contributed by atoms with Crippen molar-refractivity contribution in [2.45, 2.75) is 26.9 Å². The van der Waals surface area contributed by atoms with Gasteiger partial charge in [-0.05, 0) is 25.0 Å². The van der Waals surface area contributed by atoms with E-state index in [1.54, 1.807) is 4.90 Å². The van der Waals surface area contributed by atoms with Gasteiger partial charge >= 0.3 is 5.97 Å².